The van der Waals surface area contributed by atoms with E-state index in [0.29, 0.717) is 6.42 Å². The van der Waals surface area contributed by atoms with Crippen LogP contribution in [0.2, 0.25) is 0 Å². The third-order valence-corrected chi connectivity index (χ3v) is 2.01. The van der Waals surface area contributed by atoms with E-state index in [1.165, 1.54) is 7.11 Å². The third-order valence-electron chi connectivity index (χ3n) is 2.01. The molecular formula is C10H20N2O4. The zero-order valence-corrected chi connectivity index (χ0v) is 10.2. The van der Waals surface area contributed by atoms with Crippen LogP contribution in [0.25, 0.3) is 0 Å². The number of carbonyl (C=O) groups excluding carboxylic acids is 2. The van der Waals surface area contributed by atoms with Crippen LogP contribution >= 0.6 is 0 Å². The first-order chi connectivity index (χ1) is 7.28. The monoisotopic (exact) mass is 232 g/mol. The van der Waals surface area contributed by atoms with Gasteiger partial charge in [0.15, 0.2) is 0 Å². The number of hydrogen-bond acceptors (Lipinski definition) is 4. The van der Waals surface area contributed by atoms with Crippen LogP contribution in [-0.4, -0.2) is 31.4 Å². The summed E-state index contributed by atoms with van der Waals surface area (Å²) in [6, 6.07) is 0. The lowest BCUT2D eigenvalue weighted by molar-refractivity contribution is -0.127. The Balaban J connectivity index is 4.15. The van der Waals surface area contributed by atoms with Gasteiger partial charge in [-0.3, -0.25) is 4.79 Å². The van der Waals surface area contributed by atoms with E-state index in [2.05, 4.69) is 5.32 Å². The molecule has 0 aromatic heterocycles. The van der Waals surface area contributed by atoms with E-state index in [1.807, 2.05) is 0 Å². The minimum Gasteiger partial charge on any atom is -0.444 e. The smallest absolute Gasteiger partial charge is 0.405 e. The molecule has 0 aliphatic rings. The molecule has 2 amide bonds. The topological polar surface area (TPSA) is 90.7 Å². The van der Waals surface area contributed by atoms with Gasteiger partial charge in [-0.15, -0.1) is 0 Å². The highest BCUT2D eigenvalue weighted by molar-refractivity contribution is 5.78. The fourth-order valence-corrected chi connectivity index (χ4v) is 1.46. The van der Waals surface area contributed by atoms with Crippen LogP contribution in [0.1, 0.15) is 27.2 Å². The number of primary amides is 1. The summed E-state index contributed by atoms with van der Waals surface area (Å²) in [5.74, 6) is -0.438. The van der Waals surface area contributed by atoms with Crippen molar-refractivity contribution >= 4 is 12.0 Å². The standard InChI is InChI=1S/C10H20N2O4/c1-7(8(13)12-6-15-4)5-10(2,3)16-9(11)14/h7H,5-6H2,1-4H3,(H2,11,14)(H,12,13)/t7-/m0/s1. The number of nitrogens with one attached hydrogen (secondary N) is 1. The fraction of sp³-hybridized carbons (Fsp3) is 0.800. The van der Waals surface area contributed by atoms with Crippen LogP contribution in [-0.2, 0) is 14.3 Å². The maximum absolute atomic E-state index is 11.5. The van der Waals surface area contributed by atoms with Gasteiger partial charge in [0.25, 0.3) is 0 Å². The lowest BCUT2D eigenvalue weighted by Crippen LogP contribution is -2.38. The predicted molar refractivity (Wildman–Crippen MR) is 58.5 cm³/mol. The molecule has 0 aromatic rings. The highest BCUT2D eigenvalue weighted by atomic mass is 16.6. The maximum Gasteiger partial charge on any atom is 0.405 e. The summed E-state index contributed by atoms with van der Waals surface area (Å²) in [7, 11) is 1.49. The number of rotatable bonds is 6. The molecule has 94 valence electrons. The molecule has 1 atom stereocenters. The number of hydrogen-bond donors (Lipinski definition) is 2. The second-order valence-corrected chi connectivity index (χ2v) is 4.26. The Morgan fingerprint density at radius 3 is 2.44 bits per heavy atom. The molecule has 6 nitrogen and oxygen atoms in total. The molecular weight excluding hydrogens is 212 g/mol. The van der Waals surface area contributed by atoms with Crippen molar-refractivity contribution in [3.05, 3.63) is 0 Å². The van der Waals surface area contributed by atoms with Crippen LogP contribution in [0.3, 0.4) is 0 Å². The first-order valence-corrected chi connectivity index (χ1v) is 5.03. The Kier molecular flexibility index (Phi) is 5.81. The molecule has 0 rings (SSSR count). The molecule has 0 aliphatic carbocycles. The fourth-order valence-electron chi connectivity index (χ4n) is 1.46. The van der Waals surface area contributed by atoms with Gasteiger partial charge in [0.05, 0.1) is 0 Å². The van der Waals surface area contributed by atoms with Gasteiger partial charge in [0, 0.05) is 13.0 Å². The Bertz CT molecular complexity index is 253. The van der Waals surface area contributed by atoms with Gasteiger partial charge in [-0.1, -0.05) is 6.92 Å². The van der Waals surface area contributed by atoms with Crippen LogP contribution < -0.4 is 11.1 Å². The summed E-state index contributed by atoms with van der Waals surface area (Å²) in [6.07, 6.45) is -0.444. The average Bonchev–Trinajstić information content (AvgIpc) is 2.10. The predicted octanol–water partition coefficient (Wildman–Crippen LogP) is 0.607. The van der Waals surface area contributed by atoms with Gasteiger partial charge in [0.2, 0.25) is 5.91 Å². The van der Waals surface area contributed by atoms with E-state index < -0.39 is 11.7 Å². The number of amides is 2. The summed E-state index contributed by atoms with van der Waals surface area (Å²) in [5.41, 5.74) is 4.17. The average molecular weight is 232 g/mol. The van der Waals surface area contributed by atoms with E-state index in [-0.39, 0.29) is 18.6 Å². The van der Waals surface area contributed by atoms with E-state index in [9.17, 15) is 9.59 Å². The summed E-state index contributed by atoms with van der Waals surface area (Å²) in [5, 5.41) is 2.58. The van der Waals surface area contributed by atoms with Crippen LogP contribution in [0.5, 0.6) is 0 Å². The summed E-state index contributed by atoms with van der Waals surface area (Å²) < 4.78 is 9.61. The molecule has 0 bridgehead atoms. The summed E-state index contributed by atoms with van der Waals surface area (Å²) in [6.45, 7) is 5.33. The van der Waals surface area contributed by atoms with Gasteiger partial charge in [0.1, 0.15) is 12.3 Å². The lowest BCUT2D eigenvalue weighted by atomic mass is 9.94. The zero-order chi connectivity index (χ0) is 12.8. The van der Waals surface area contributed by atoms with Gasteiger partial charge >= 0.3 is 6.09 Å². The Hall–Kier alpha value is -1.30. The van der Waals surface area contributed by atoms with Crippen LogP contribution in [0.4, 0.5) is 4.79 Å². The lowest BCUT2D eigenvalue weighted by Gasteiger charge is -2.26. The second kappa shape index (κ2) is 6.32. The van der Waals surface area contributed by atoms with Crippen molar-refractivity contribution in [2.75, 3.05) is 13.8 Å². The summed E-state index contributed by atoms with van der Waals surface area (Å²) >= 11 is 0. The molecule has 0 fully saturated rings. The normalized spacial score (nSPS) is 13.0. The number of carbonyl (C=O) groups is 2. The summed E-state index contributed by atoms with van der Waals surface area (Å²) in [4.78, 5) is 22.1. The van der Waals surface area contributed by atoms with Crippen molar-refractivity contribution in [3.63, 3.8) is 0 Å². The highest BCUT2D eigenvalue weighted by Crippen LogP contribution is 2.20. The molecule has 0 saturated heterocycles. The highest BCUT2D eigenvalue weighted by Gasteiger charge is 2.27. The van der Waals surface area contributed by atoms with Crippen LogP contribution in [0.15, 0.2) is 0 Å². The number of nitrogens with two attached hydrogens (primary N) is 1. The van der Waals surface area contributed by atoms with Gasteiger partial charge in [-0.05, 0) is 20.3 Å². The molecule has 0 unspecified atom stereocenters. The van der Waals surface area contributed by atoms with Crippen molar-refractivity contribution in [3.8, 4) is 0 Å². The van der Waals surface area contributed by atoms with Crippen molar-refractivity contribution in [1.29, 1.82) is 0 Å². The SMILES string of the molecule is COCNC(=O)[C@@H](C)CC(C)(C)OC(N)=O. The first kappa shape index (κ1) is 14.7. The van der Waals surface area contributed by atoms with E-state index in [1.54, 1.807) is 20.8 Å². The first-order valence-electron chi connectivity index (χ1n) is 5.03. The van der Waals surface area contributed by atoms with E-state index in [0.717, 1.165) is 0 Å². The quantitative estimate of drug-likeness (QED) is 0.656. The molecule has 3 N–H and O–H groups in total. The second-order valence-electron chi connectivity index (χ2n) is 4.26. The van der Waals surface area contributed by atoms with Crippen molar-refractivity contribution in [1.82, 2.24) is 5.32 Å². The number of ether oxygens (including phenoxy) is 2. The minimum atomic E-state index is -0.838. The molecule has 0 aromatic carbocycles. The van der Waals surface area contributed by atoms with E-state index >= 15 is 0 Å². The van der Waals surface area contributed by atoms with Gasteiger partial charge in [-0.2, -0.15) is 0 Å². The van der Waals surface area contributed by atoms with Gasteiger partial charge in [-0.25, -0.2) is 4.79 Å². The Morgan fingerprint density at radius 2 is 2.00 bits per heavy atom. The van der Waals surface area contributed by atoms with Crippen molar-refractivity contribution < 1.29 is 19.1 Å². The van der Waals surface area contributed by atoms with Crippen LogP contribution in [0, 0.1) is 5.92 Å². The zero-order valence-electron chi connectivity index (χ0n) is 10.2. The molecule has 0 aliphatic heterocycles. The molecule has 0 heterocycles. The minimum absolute atomic E-state index is 0.150. The van der Waals surface area contributed by atoms with Crippen molar-refractivity contribution in [2.24, 2.45) is 11.7 Å². The molecule has 0 radical (unpaired) electrons. The molecule has 6 heteroatoms. The number of methoxy groups -OCH3 is 1. The third kappa shape index (κ3) is 6.23. The van der Waals surface area contributed by atoms with E-state index in [4.69, 9.17) is 15.2 Å². The largest absolute Gasteiger partial charge is 0.444 e. The molecule has 0 saturated carbocycles. The molecule has 16 heavy (non-hydrogen) atoms. The Labute approximate surface area is 95.5 Å². The Morgan fingerprint density at radius 1 is 1.44 bits per heavy atom. The molecule has 0 spiro atoms. The maximum atomic E-state index is 11.5. The van der Waals surface area contributed by atoms with Gasteiger partial charge < -0.3 is 20.5 Å². The van der Waals surface area contributed by atoms with Crippen molar-refractivity contribution in [2.45, 2.75) is 32.8 Å².